The van der Waals surface area contributed by atoms with E-state index in [1.54, 1.807) is 0 Å². The minimum atomic E-state index is 0.293. The summed E-state index contributed by atoms with van der Waals surface area (Å²) in [6.45, 7) is 3.30. The molecule has 3 aromatic rings. The summed E-state index contributed by atoms with van der Waals surface area (Å²) in [6.07, 6.45) is 2.18. The smallest absolute Gasteiger partial charge is 0.124 e. The third kappa shape index (κ3) is 5.75. The second-order valence-corrected chi connectivity index (χ2v) is 7.61. The summed E-state index contributed by atoms with van der Waals surface area (Å²) >= 11 is 12.5. The zero-order valence-electron chi connectivity index (χ0n) is 16.0. The normalized spacial score (nSPS) is 12.0. The van der Waals surface area contributed by atoms with Crippen molar-refractivity contribution < 1.29 is 4.74 Å². The number of rotatable bonds is 9. The van der Waals surface area contributed by atoms with Gasteiger partial charge in [-0.1, -0.05) is 85.1 Å². The van der Waals surface area contributed by atoms with Crippen LogP contribution < -0.4 is 10.1 Å². The fourth-order valence-electron chi connectivity index (χ4n) is 3.19. The van der Waals surface area contributed by atoms with Gasteiger partial charge < -0.3 is 10.1 Å². The topological polar surface area (TPSA) is 21.3 Å². The minimum Gasteiger partial charge on any atom is -0.489 e. The van der Waals surface area contributed by atoms with E-state index >= 15 is 0 Å². The minimum absolute atomic E-state index is 0.293. The van der Waals surface area contributed by atoms with Gasteiger partial charge in [-0.3, -0.25) is 0 Å². The van der Waals surface area contributed by atoms with Gasteiger partial charge in [0, 0.05) is 33.8 Å². The number of benzene rings is 3. The maximum atomic E-state index is 6.25. The SMILES string of the molecule is CCCC(NCc1cc(Cl)ccc1OCc1ccccc1Cl)c1ccccc1. The van der Waals surface area contributed by atoms with Gasteiger partial charge in [0.25, 0.3) is 0 Å². The van der Waals surface area contributed by atoms with Crippen molar-refractivity contribution >= 4 is 23.2 Å². The van der Waals surface area contributed by atoms with E-state index < -0.39 is 0 Å². The van der Waals surface area contributed by atoms with Crippen LogP contribution in [0.4, 0.5) is 0 Å². The first-order valence-electron chi connectivity index (χ1n) is 9.60. The monoisotopic (exact) mass is 413 g/mol. The van der Waals surface area contributed by atoms with Gasteiger partial charge in [-0.2, -0.15) is 0 Å². The Morgan fingerprint density at radius 3 is 2.39 bits per heavy atom. The van der Waals surface area contributed by atoms with Crippen molar-refractivity contribution in [2.24, 2.45) is 0 Å². The van der Waals surface area contributed by atoms with Crippen LogP contribution in [0.5, 0.6) is 5.75 Å². The maximum Gasteiger partial charge on any atom is 0.124 e. The summed E-state index contributed by atoms with van der Waals surface area (Å²) < 4.78 is 6.07. The average molecular weight is 414 g/mol. The molecule has 0 aromatic heterocycles. The summed E-state index contributed by atoms with van der Waals surface area (Å²) in [7, 11) is 0. The summed E-state index contributed by atoms with van der Waals surface area (Å²) in [6, 6.07) is 24.3. The van der Waals surface area contributed by atoms with E-state index in [1.165, 1.54) is 5.56 Å². The summed E-state index contributed by atoms with van der Waals surface area (Å²) in [5.74, 6) is 0.820. The highest BCUT2D eigenvalue weighted by atomic mass is 35.5. The lowest BCUT2D eigenvalue weighted by Crippen LogP contribution is -2.21. The van der Waals surface area contributed by atoms with Gasteiger partial charge in [-0.25, -0.2) is 0 Å². The largest absolute Gasteiger partial charge is 0.489 e. The molecule has 0 heterocycles. The fraction of sp³-hybridized carbons (Fsp3) is 0.250. The van der Waals surface area contributed by atoms with Gasteiger partial charge in [0.15, 0.2) is 0 Å². The van der Waals surface area contributed by atoms with Crippen LogP contribution in [0.25, 0.3) is 0 Å². The zero-order chi connectivity index (χ0) is 19.8. The molecule has 0 saturated heterocycles. The third-order valence-corrected chi connectivity index (χ3v) is 5.29. The number of ether oxygens (including phenoxy) is 1. The molecule has 0 fully saturated rings. The zero-order valence-corrected chi connectivity index (χ0v) is 17.5. The molecule has 146 valence electrons. The first-order valence-corrected chi connectivity index (χ1v) is 10.4. The summed E-state index contributed by atoms with van der Waals surface area (Å²) in [5.41, 5.74) is 3.30. The van der Waals surface area contributed by atoms with Crippen LogP contribution in [-0.2, 0) is 13.2 Å². The van der Waals surface area contributed by atoms with Crippen LogP contribution in [0, 0.1) is 0 Å². The Kier molecular flexibility index (Phi) is 7.79. The highest BCUT2D eigenvalue weighted by Crippen LogP contribution is 2.27. The Balaban J connectivity index is 1.72. The molecule has 0 aliphatic carbocycles. The van der Waals surface area contributed by atoms with Crippen LogP contribution in [0.1, 0.15) is 42.5 Å². The first-order chi connectivity index (χ1) is 13.7. The lowest BCUT2D eigenvalue weighted by atomic mass is 10.0. The molecular weight excluding hydrogens is 389 g/mol. The van der Waals surface area contributed by atoms with Gasteiger partial charge in [0.05, 0.1) is 0 Å². The van der Waals surface area contributed by atoms with Crippen molar-refractivity contribution in [3.05, 3.63) is 99.5 Å². The van der Waals surface area contributed by atoms with E-state index in [0.717, 1.165) is 29.7 Å². The molecule has 1 N–H and O–H groups in total. The van der Waals surface area contributed by atoms with Crippen molar-refractivity contribution in [2.75, 3.05) is 0 Å². The second kappa shape index (κ2) is 10.5. The Labute approximate surface area is 177 Å². The van der Waals surface area contributed by atoms with Crippen LogP contribution in [0.2, 0.25) is 10.0 Å². The number of halogens is 2. The molecule has 3 aromatic carbocycles. The Hall–Kier alpha value is -2.00. The molecule has 1 atom stereocenters. The number of hydrogen-bond acceptors (Lipinski definition) is 2. The summed E-state index contributed by atoms with van der Waals surface area (Å²) in [5, 5.41) is 5.08. The van der Waals surface area contributed by atoms with Gasteiger partial charge in [0.1, 0.15) is 12.4 Å². The van der Waals surface area contributed by atoms with Crippen molar-refractivity contribution in [1.82, 2.24) is 5.32 Å². The Bertz CT molecular complexity index is 883. The molecule has 0 aliphatic heterocycles. The van der Waals surface area contributed by atoms with Crippen molar-refractivity contribution in [1.29, 1.82) is 0 Å². The predicted octanol–water partition coefficient (Wildman–Crippen LogP) is 7.20. The Morgan fingerprint density at radius 2 is 1.64 bits per heavy atom. The number of hydrogen-bond donors (Lipinski definition) is 1. The molecule has 1 unspecified atom stereocenters. The second-order valence-electron chi connectivity index (χ2n) is 6.76. The molecule has 0 amide bonds. The quantitative estimate of drug-likeness (QED) is 0.400. The van der Waals surface area contributed by atoms with E-state index in [0.29, 0.717) is 29.2 Å². The molecule has 0 bridgehead atoms. The van der Waals surface area contributed by atoms with Gasteiger partial charge in [0.2, 0.25) is 0 Å². The summed E-state index contributed by atoms with van der Waals surface area (Å²) in [4.78, 5) is 0. The predicted molar refractivity (Wildman–Crippen MR) is 118 cm³/mol. The lowest BCUT2D eigenvalue weighted by molar-refractivity contribution is 0.301. The molecule has 0 saturated carbocycles. The van der Waals surface area contributed by atoms with Crippen molar-refractivity contribution in [3.8, 4) is 5.75 Å². The highest BCUT2D eigenvalue weighted by molar-refractivity contribution is 6.31. The van der Waals surface area contributed by atoms with E-state index in [-0.39, 0.29) is 0 Å². The van der Waals surface area contributed by atoms with Crippen LogP contribution in [0.15, 0.2) is 72.8 Å². The molecule has 0 radical (unpaired) electrons. The van der Waals surface area contributed by atoms with Crippen LogP contribution in [-0.4, -0.2) is 0 Å². The first kappa shape index (κ1) is 20.7. The maximum absolute atomic E-state index is 6.25. The van der Waals surface area contributed by atoms with Gasteiger partial charge in [-0.15, -0.1) is 0 Å². The molecule has 0 spiro atoms. The third-order valence-electron chi connectivity index (χ3n) is 4.68. The van der Waals surface area contributed by atoms with Crippen molar-refractivity contribution in [3.63, 3.8) is 0 Å². The van der Waals surface area contributed by atoms with Gasteiger partial charge >= 0.3 is 0 Å². The van der Waals surface area contributed by atoms with E-state index in [4.69, 9.17) is 27.9 Å². The molecule has 4 heteroatoms. The molecular formula is C24H25Cl2NO. The standard InChI is InChI=1S/C24H25Cl2NO/c1-2-8-23(18-9-4-3-5-10-18)27-16-20-15-21(25)13-14-24(20)28-17-19-11-6-7-12-22(19)26/h3-7,9-15,23,27H,2,8,16-17H2,1H3. The average Bonchev–Trinajstić information content (AvgIpc) is 2.72. The fourth-order valence-corrected chi connectivity index (χ4v) is 3.58. The van der Waals surface area contributed by atoms with Crippen LogP contribution in [0.3, 0.4) is 0 Å². The van der Waals surface area contributed by atoms with E-state index in [1.807, 2.05) is 48.5 Å². The number of nitrogens with one attached hydrogen (secondary N) is 1. The Morgan fingerprint density at radius 1 is 0.893 bits per heavy atom. The van der Waals surface area contributed by atoms with Crippen LogP contribution >= 0.6 is 23.2 Å². The lowest BCUT2D eigenvalue weighted by Gasteiger charge is -2.20. The molecule has 28 heavy (non-hydrogen) atoms. The molecule has 2 nitrogen and oxygen atoms in total. The molecule has 0 aliphatic rings. The van der Waals surface area contributed by atoms with E-state index in [9.17, 15) is 0 Å². The highest BCUT2D eigenvalue weighted by Gasteiger charge is 2.12. The van der Waals surface area contributed by atoms with Gasteiger partial charge in [-0.05, 0) is 36.2 Å². The van der Waals surface area contributed by atoms with Crippen molar-refractivity contribution in [2.45, 2.75) is 39.0 Å². The molecule has 3 rings (SSSR count). The van der Waals surface area contributed by atoms with E-state index in [2.05, 4.69) is 36.5 Å².